The summed E-state index contributed by atoms with van der Waals surface area (Å²) in [7, 11) is 0. The van der Waals surface area contributed by atoms with Gasteiger partial charge in [0, 0.05) is 0 Å². The molecule has 7 nitrogen and oxygen atoms in total. The van der Waals surface area contributed by atoms with Gasteiger partial charge in [-0.3, -0.25) is 9.59 Å². The van der Waals surface area contributed by atoms with Crippen molar-refractivity contribution in [1.29, 1.82) is 0 Å². The van der Waals surface area contributed by atoms with Gasteiger partial charge in [-0.15, -0.1) is 0 Å². The van der Waals surface area contributed by atoms with Crippen LogP contribution in [0.3, 0.4) is 0 Å². The summed E-state index contributed by atoms with van der Waals surface area (Å²) in [5.74, 6) is -2.19. The van der Waals surface area contributed by atoms with Crippen LogP contribution in [0.25, 0.3) is 0 Å². The van der Waals surface area contributed by atoms with E-state index in [0.717, 1.165) is 6.07 Å². The third kappa shape index (κ3) is 3.31. The second kappa shape index (κ2) is 6.65. The van der Waals surface area contributed by atoms with E-state index in [-0.39, 0.29) is 30.0 Å². The van der Waals surface area contributed by atoms with Gasteiger partial charge in [0.2, 0.25) is 0 Å². The molecule has 1 heterocycles. The van der Waals surface area contributed by atoms with Gasteiger partial charge in [-0.2, -0.15) is 0 Å². The minimum atomic E-state index is -0.859. The van der Waals surface area contributed by atoms with Gasteiger partial charge in [0.1, 0.15) is 5.69 Å². The average molecular weight is 281 g/mol. The van der Waals surface area contributed by atoms with E-state index in [1.807, 2.05) is 0 Å². The minimum Gasteiger partial charge on any atom is -0.462 e. The number of carbonyl (C=O) groups excluding carboxylic acids is 3. The molecule has 0 aliphatic heterocycles. The van der Waals surface area contributed by atoms with Gasteiger partial charge in [-0.25, -0.2) is 9.59 Å². The number of rotatable bonds is 5. The monoisotopic (exact) mass is 281 g/mol. The maximum Gasteiger partial charge on any atom is 0.355 e. The van der Waals surface area contributed by atoms with Crippen LogP contribution in [0, 0.1) is 0 Å². The van der Waals surface area contributed by atoms with Crippen molar-refractivity contribution < 1.29 is 23.9 Å². The predicted molar refractivity (Wildman–Crippen MR) is 69.0 cm³/mol. The molecule has 0 unspecified atom stereocenters. The summed E-state index contributed by atoms with van der Waals surface area (Å²) >= 11 is 0. The number of nitrogens with one attached hydrogen (secondary N) is 1. The molecule has 0 aromatic carbocycles. The molecule has 0 fully saturated rings. The maximum absolute atomic E-state index is 11.8. The molecule has 0 spiro atoms. The zero-order valence-corrected chi connectivity index (χ0v) is 11.4. The highest BCUT2D eigenvalue weighted by Gasteiger charge is 2.23. The maximum atomic E-state index is 11.8. The van der Waals surface area contributed by atoms with Crippen molar-refractivity contribution in [2.45, 2.75) is 20.8 Å². The van der Waals surface area contributed by atoms with Crippen molar-refractivity contribution in [3.05, 3.63) is 33.2 Å². The normalized spacial score (nSPS) is 9.95. The number of hydrogen-bond acceptors (Lipinski definition) is 6. The second-order valence-corrected chi connectivity index (χ2v) is 3.80. The lowest BCUT2D eigenvalue weighted by molar-refractivity contribution is 0.0472. The number of H-pyrrole nitrogens is 1. The Morgan fingerprint density at radius 2 is 1.60 bits per heavy atom. The van der Waals surface area contributed by atoms with Crippen LogP contribution in [0.15, 0.2) is 10.9 Å². The van der Waals surface area contributed by atoms with Crippen molar-refractivity contribution in [1.82, 2.24) is 4.98 Å². The molecule has 1 N–H and O–H groups in total. The quantitative estimate of drug-likeness (QED) is 0.636. The smallest absolute Gasteiger partial charge is 0.355 e. The summed E-state index contributed by atoms with van der Waals surface area (Å²) in [5.41, 5.74) is -1.50. The molecule has 1 aromatic heterocycles. The third-order valence-corrected chi connectivity index (χ3v) is 2.40. The van der Waals surface area contributed by atoms with Crippen LogP contribution in [0.4, 0.5) is 0 Å². The van der Waals surface area contributed by atoms with Crippen LogP contribution in [-0.4, -0.2) is 35.9 Å². The van der Waals surface area contributed by atoms with Gasteiger partial charge >= 0.3 is 11.9 Å². The zero-order chi connectivity index (χ0) is 15.3. The van der Waals surface area contributed by atoms with E-state index in [1.165, 1.54) is 6.92 Å². The Hall–Kier alpha value is -2.44. The van der Waals surface area contributed by atoms with Crippen LogP contribution in [-0.2, 0) is 9.47 Å². The second-order valence-electron chi connectivity index (χ2n) is 3.80. The first kappa shape index (κ1) is 15.6. The summed E-state index contributed by atoms with van der Waals surface area (Å²) in [6.45, 7) is 4.54. The molecule has 1 rings (SSSR count). The van der Waals surface area contributed by atoms with Crippen LogP contribution >= 0.6 is 0 Å². The molecule has 20 heavy (non-hydrogen) atoms. The Balaban J connectivity index is 3.45. The molecule has 0 amide bonds. The van der Waals surface area contributed by atoms with E-state index in [0.29, 0.717) is 0 Å². The van der Waals surface area contributed by atoms with Crippen molar-refractivity contribution in [2.24, 2.45) is 0 Å². The van der Waals surface area contributed by atoms with Gasteiger partial charge < -0.3 is 14.5 Å². The molecular formula is C13H15NO6. The Morgan fingerprint density at radius 1 is 1.05 bits per heavy atom. The van der Waals surface area contributed by atoms with Crippen molar-refractivity contribution in [3.63, 3.8) is 0 Å². The molecule has 0 aliphatic rings. The highest BCUT2D eigenvalue weighted by molar-refractivity contribution is 6.04. The number of esters is 2. The molecule has 0 saturated carbocycles. The summed E-state index contributed by atoms with van der Waals surface area (Å²) in [4.78, 5) is 48.7. The van der Waals surface area contributed by atoms with Gasteiger partial charge in [0.15, 0.2) is 5.78 Å². The number of aromatic nitrogens is 1. The van der Waals surface area contributed by atoms with Gasteiger partial charge in [0.05, 0.1) is 24.3 Å². The summed E-state index contributed by atoms with van der Waals surface area (Å²) in [6.07, 6.45) is 0. The van der Waals surface area contributed by atoms with Crippen molar-refractivity contribution in [3.8, 4) is 0 Å². The topological polar surface area (TPSA) is 103 Å². The fourth-order valence-corrected chi connectivity index (χ4v) is 1.53. The Bertz CT molecular complexity index is 601. The standard InChI is InChI=1S/C13H15NO6/c1-4-19-12(17)9-6-8(7(3)15)11(16)14-10(9)13(18)20-5-2/h6H,4-5H2,1-3H3,(H,14,16). The molecule has 0 aliphatic carbocycles. The minimum absolute atomic E-state index is 0.0809. The highest BCUT2D eigenvalue weighted by Crippen LogP contribution is 2.10. The van der Waals surface area contributed by atoms with Crippen LogP contribution < -0.4 is 5.56 Å². The lowest BCUT2D eigenvalue weighted by Crippen LogP contribution is -2.25. The molecule has 108 valence electrons. The van der Waals surface area contributed by atoms with E-state index in [2.05, 4.69) is 4.98 Å². The number of ether oxygens (including phenoxy) is 2. The molecule has 0 atom stereocenters. The number of carbonyl (C=O) groups is 3. The number of hydrogen-bond donors (Lipinski definition) is 1. The third-order valence-electron chi connectivity index (χ3n) is 2.40. The first-order valence-electron chi connectivity index (χ1n) is 6.04. The predicted octanol–water partition coefficient (Wildman–Crippen LogP) is 0.931. The largest absolute Gasteiger partial charge is 0.462 e. The van der Waals surface area contributed by atoms with Crippen molar-refractivity contribution in [2.75, 3.05) is 13.2 Å². The summed E-state index contributed by atoms with van der Waals surface area (Å²) in [5, 5.41) is 0. The van der Waals surface area contributed by atoms with Crippen molar-refractivity contribution >= 4 is 17.7 Å². The Morgan fingerprint density at radius 3 is 2.10 bits per heavy atom. The first-order valence-corrected chi connectivity index (χ1v) is 6.04. The molecule has 1 aromatic rings. The zero-order valence-electron chi connectivity index (χ0n) is 11.4. The number of Topliss-reactive ketones (excluding diaryl/α,β-unsaturated/α-hetero) is 1. The van der Waals surface area contributed by atoms with E-state index < -0.39 is 23.3 Å². The van der Waals surface area contributed by atoms with E-state index in [4.69, 9.17) is 9.47 Å². The van der Waals surface area contributed by atoms with Gasteiger partial charge in [0.25, 0.3) is 5.56 Å². The van der Waals surface area contributed by atoms with E-state index in [9.17, 15) is 19.2 Å². The first-order chi connectivity index (χ1) is 9.42. The summed E-state index contributed by atoms with van der Waals surface area (Å²) < 4.78 is 9.54. The Labute approximate surface area is 114 Å². The van der Waals surface area contributed by atoms with Gasteiger partial charge in [-0.05, 0) is 26.8 Å². The molecule has 0 radical (unpaired) electrons. The van der Waals surface area contributed by atoms with E-state index >= 15 is 0 Å². The fraction of sp³-hybridized carbons (Fsp3) is 0.385. The number of aromatic amines is 1. The van der Waals surface area contributed by atoms with Crippen LogP contribution in [0.1, 0.15) is 52.0 Å². The van der Waals surface area contributed by atoms with Crippen LogP contribution in [0.2, 0.25) is 0 Å². The number of pyridine rings is 1. The molecule has 0 bridgehead atoms. The number of ketones is 1. The molecular weight excluding hydrogens is 266 g/mol. The highest BCUT2D eigenvalue weighted by atomic mass is 16.5. The average Bonchev–Trinajstić information content (AvgIpc) is 2.38. The SMILES string of the molecule is CCOC(=O)c1cc(C(C)=O)c(=O)[nH]c1C(=O)OCC. The fourth-order valence-electron chi connectivity index (χ4n) is 1.53. The lowest BCUT2D eigenvalue weighted by Gasteiger charge is -2.09. The molecule has 0 saturated heterocycles. The van der Waals surface area contributed by atoms with Gasteiger partial charge in [-0.1, -0.05) is 0 Å². The Kier molecular flexibility index (Phi) is 5.19. The lowest BCUT2D eigenvalue weighted by atomic mass is 10.1. The van der Waals surface area contributed by atoms with Crippen LogP contribution in [0.5, 0.6) is 0 Å². The molecule has 7 heteroatoms. The van der Waals surface area contributed by atoms with E-state index in [1.54, 1.807) is 13.8 Å². The summed E-state index contributed by atoms with van der Waals surface area (Å²) in [6, 6.07) is 1.05.